The van der Waals surface area contributed by atoms with Gasteiger partial charge in [-0.1, -0.05) is 0 Å². The number of hydrogen-bond donors (Lipinski definition) is 8. The van der Waals surface area contributed by atoms with Crippen molar-refractivity contribution in [2.45, 2.75) is 43.2 Å². The van der Waals surface area contributed by atoms with E-state index in [0.717, 1.165) is 17.7 Å². The van der Waals surface area contributed by atoms with Crippen molar-refractivity contribution in [3.05, 3.63) is 22.7 Å². The molecular weight excluding hydrogens is 496 g/mol. The van der Waals surface area contributed by atoms with Crippen molar-refractivity contribution >= 4 is 21.5 Å². The summed E-state index contributed by atoms with van der Waals surface area (Å²) in [5.41, 5.74) is 2.22. The summed E-state index contributed by atoms with van der Waals surface area (Å²) in [4.78, 5) is 33.4. The average molecular weight is 521 g/mol. The summed E-state index contributed by atoms with van der Waals surface area (Å²) in [5, 5.41) is 48.8. The van der Waals surface area contributed by atoms with Gasteiger partial charge in [0.1, 0.15) is 35.8 Å². The van der Waals surface area contributed by atoms with E-state index in [-0.39, 0.29) is 5.82 Å². The van der Waals surface area contributed by atoms with Crippen LogP contribution >= 0.6 is 15.6 Å². The lowest BCUT2D eigenvalue weighted by Gasteiger charge is -2.29. The van der Waals surface area contributed by atoms with E-state index in [0.29, 0.717) is 0 Å². The second kappa shape index (κ2) is 10.5. The van der Waals surface area contributed by atoms with Crippen LogP contribution < -0.4 is 11.4 Å². The molecule has 0 aromatic carbocycles. The van der Waals surface area contributed by atoms with Gasteiger partial charge in [-0.15, -0.1) is 0 Å². The molecule has 33 heavy (non-hydrogen) atoms. The summed E-state index contributed by atoms with van der Waals surface area (Å²) in [6.07, 6.45) is -7.07. The molecule has 0 aliphatic carbocycles. The Kier molecular flexibility index (Phi) is 8.92. The number of hydrogen-bond acceptors (Lipinski definition) is 14. The standard InChI is InChI=1S/C14H25N3O14P2/c1-14(23,8(19)4-18)6-29-33(27,31-32(24,25)26)28-5-7-10(20)11(21)12(30-7)17-3-2-9(15)16-13(17)22/h2-3,7-8,10-12,18-21,23H,4-6H2,1H3,(H2,15,16,22)(H2,24,25,26)/t7-,8-,10-,11-,12-,14+,33?/m1/s1. The van der Waals surface area contributed by atoms with Gasteiger partial charge in [-0.05, 0) is 13.0 Å². The Labute approximate surface area is 185 Å². The maximum atomic E-state index is 12.7. The largest absolute Gasteiger partial charge is 0.483 e. The van der Waals surface area contributed by atoms with E-state index < -0.39 is 77.4 Å². The van der Waals surface area contributed by atoms with Crippen LogP contribution in [0.5, 0.6) is 0 Å². The smallest absolute Gasteiger partial charge is 0.394 e. The van der Waals surface area contributed by atoms with Crippen molar-refractivity contribution in [3.63, 3.8) is 0 Å². The first kappa shape index (κ1) is 27.9. The maximum absolute atomic E-state index is 12.7. The van der Waals surface area contributed by atoms with Crippen molar-refractivity contribution < 1.29 is 62.5 Å². The predicted octanol–water partition coefficient (Wildman–Crippen LogP) is -3.20. The number of nitrogens with zero attached hydrogens (tertiary/aromatic N) is 2. The summed E-state index contributed by atoms with van der Waals surface area (Å²) < 4.78 is 43.5. The molecule has 0 bridgehead atoms. The molecule has 190 valence electrons. The molecule has 1 saturated heterocycles. The van der Waals surface area contributed by atoms with Gasteiger partial charge in [-0.2, -0.15) is 9.29 Å². The Bertz CT molecular complexity index is 967. The number of anilines is 1. The van der Waals surface area contributed by atoms with Gasteiger partial charge >= 0.3 is 21.3 Å². The van der Waals surface area contributed by atoms with Gasteiger partial charge in [0, 0.05) is 6.20 Å². The Morgan fingerprint density at radius 2 is 1.94 bits per heavy atom. The summed E-state index contributed by atoms with van der Waals surface area (Å²) in [6.45, 7) is -1.98. The first-order chi connectivity index (χ1) is 15.1. The minimum atomic E-state index is -5.48. The first-order valence-electron chi connectivity index (χ1n) is 9.12. The van der Waals surface area contributed by atoms with Gasteiger partial charge in [0.05, 0.1) is 19.8 Å². The molecule has 17 nitrogen and oxygen atoms in total. The summed E-state index contributed by atoms with van der Waals surface area (Å²) >= 11 is 0. The molecular formula is C14H25N3O14P2. The molecule has 7 atom stereocenters. The van der Waals surface area contributed by atoms with Crippen LogP contribution in [0.3, 0.4) is 0 Å². The number of ether oxygens (including phenoxy) is 1. The van der Waals surface area contributed by atoms with E-state index in [9.17, 15) is 34.4 Å². The number of rotatable bonds is 11. The number of nitrogens with two attached hydrogens (primary N) is 1. The third-order valence-corrected chi connectivity index (χ3v) is 7.03. The number of aromatic nitrogens is 2. The van der Waals surface area contributed by atoms with Gasteiger partial charge < -0.3 is 45.8 Å². The van der Waals surface area contributed by atoms with Crippen molar-refractivity contribution in [2.75, 3.05) is 25.6 Å². The van der Waals surface area contributed by atoms with Crippen LogP contribution in [0, 0.1) is 0 Å². The Balaban J connectivity index is 2.15. The number of phosphoric acid groups is 2. The molecule has 1 aromatic rings. The quantitative estimate of drug-likeness (QED) is 0.133. The zero-order valence-electron chi connectivity index (χ0n) is 17.0. The zero-order chi connectivity index (χ0) is 25.2. The number of nitrogen functional groups attached to an aromatic ring is 1. The molecule has 2 heterocycles. The van der Waals surface area contributed by atoms with Crippen LogP contribution in [0.2, 0.25) is 0 Å². The van der Waals surface area contributed by atoms with Crippen LogP contribution in [-0.4, -0.2) is 94.7 Å². The maximum Gasteiger partial charge on any atom is 0.483 e. The van der Waals surface area contributed by atoms with Crippen LogP contribution in [0.25, 0.3) is 0 Å². The molecule has 0 spiro atoms. The van der Waals surface area contributed by atoms with E-state index in [1.54, 1.807) is 0 Å². The number of aliphatic hydroxyl groups excluding tert-OH is 4. The average Bonchev–Trinajstić information content (AvgIpc) is 2.97. The van der Waals surface area contributed by atoms with E-state index in [4.69, 9.17) is 29.9 Å². The van der Waals surface area contributed by atoms with Crippen molar-refractivity contribution in [1.82, 2.24) is 9.55 Å². The highest BCUT2D eigenvalue weighted by molar-refractivity contribution is 7.61. The molecule has 1 aromatic heterocycles. The molecule has 1 aliphatic rings. The topological polar surface area (TPSA) is 274 Å². The highest BCUT2D eigenvalue weighted by Crippen LogP contribution is 2.61. The van der Waals surface area contributed by atoms with Gasteiger partial charge in [-0.25, -0.2) is 13.9 Å². The van der Waals surface area contributed by atoms with Gasteiger partial charge in [-0.3, -0.25) is 13.6 Å². The second-order valence-electron chi connectivity index (χ2n) is 7.23. The molecule has 9 N–H and O–H groups in total. The molecule has 2 rings (SSSR count). The minimum Gasteiger partial charge on any atom is -0.394 e. The highest BCUT2D eigenvalue weighted by Gasteiger charge is 2.47. The monoisotopic (exact) mass is 521 g/mol. The Hall–Kier alpha value is -1.30. The van der Waals surface area contributed by atoms with Gasteiger partial charge in [0.15, 0.2) is 6.23 Å². The van der Waals surface area contributed by atoms with Crippen molar-refractivity contribution in [3.8, 4) is 0 Å². The molecule has 0 amide bonds. The molecule has 0 radical (unpaired) electrons. The number of phosphoric ester groups is 1. The third kappa shape index (κ3) is 7.34. The van der Waals surface area contributed by atoms with Crippen LogP contribution in [0.1, 0.15) is 13.2 Å². The fourth-order valence-corrected chi connectivity index (χ4v) is 4.84. The van der Waals surface area contributed by atoms with Crippen LogP contribution in [0.15, 0.2) is 17.1 Å². The second-order valence-corrected chi connectivity index (χ2v) is 10.3. The van der Waals surface area contributed by atoms with Gasteiger partial charge in [0.2, 0.25) is 0 Å². The summed E-state index contributed by atoms with van der Waals surface area (Å²) in [6, 6.07) is 1.22. The van der Waals surface area contributed by atoms with Gasteiger partial charge in [0.25, 0.3) is 0 Å². The molecule has 1 fully saturated rings. The predicted molar refractivity (Wildman–Crippen MR) is 105 cm³/mol. The van der Waals surface area contributed by atoms with Crippen molar-refractivity contribution in [2.24, 2.45) is 0 Å². The van der Waals surface area contributed by atoms with Crippen LogP contribution in [0.4, 0.5) is 5.82 Å². The fourth-order valence-electron chi connectivity index (χ4n) is 2.60. The van der Waals surface area contributed by atoms with Crippen LogP contribution in [-0.2, 0) is 27.2 Å². The van der Waals surface area contributed by atoms with E-state index >= 15 is 0 Å². The normalized spacial score (nSPS) is 28.2. The van der Waals surface area contributed by atoms with Crippen molar-refractivity contribution in [1.29, 1.82) is 0 Å². The molecule has 0 saturated carbocycles. The SMILES string of the molecule is C[C@](O)(COP(=O)(OC[C@H]1O[C@@H](n2ccc(N)nc2=O)[C@H](O)[C@@H]1O)OP(=O)(O)O)[C@H](O)CO. The van der Waals surface area contributed by atoms with E-state index in [2.05, 4.69) is 13.8 Å². The van der Waals surface area contributed by atoms with E-state index in [1.807, 2.05) is 0 Å². The fraction of sp³-hybridized carbons (Fsp3) is 0.714. The highest BCUT2D eigenvalue weighted by atomic mass is 31.3. The zero-order valence-corrected chi connectivity index (χ0v) is 18.8. The Morgan fingerprint density at radius 1 is 1.30 bits per heavy atom. The third-order valence-electron chi connectivity index (χ3n) is 4.47. The lowest BCUT2D eigenvalue weighted by Crippen LogP contribution is -2.45. The lowest BCUT2D eigenvalue weighted by molar-refractivity contribution is -0.109. The molecule has 19 heteroatoms. The molecule has 1 unspecified atom stereocenters. The first-order valence-corrected chi connectivity index (χ1v) is 12.1. The summed E-state index contributed by atoms with van der Waals surface area (Å²) in [7, 11) is -10.7. The minimum absolute atomic E-state index is 0.112. The summed E-state index contributed by atoms with van der Waals surface area (Å²) in [5.74, 6) is -0.112. The Morgan fingerprint density at radius 3 is 2.48 bits per heavy atom. The molecule has 1 aliphatic heterocycles. The number of aliphatic hydroxyl groups is 5. The lowest BCUT2D eigenvalue weighted by atomic mass is 10.0. The van der Waals surface area contributed by atoms with E-state index in [1.165, 1.54) is 6.07 Å².